The van der Waals surface area contributed by atoms with Gasteiger partial charge in [-0.3, -0.25) is 14.5 Å². The molecule has 0 N–H and O–H groups in total. The molecule has 0 aliphatic carbocycles. The number of carbonyl (C=O) groups is 2. The highest BCUT2D eigenvalue weighted by Gasteiger charge is 2.35. The predicted octanol–water partition coefficient (Wildman–Crippen LogP) is 2.52. The summed E-state index contributed by atoms with van der Waals surface area (Å²) in [5.41, 5.74) is 1.34. The summed E-state index contributed by atoms with van der Waals surface area (Å²) >= 11 is 0. The van der Waals surface area contributed by atoms with Crippen LogP contribution in [0.4, 0.5) is 5.69 Å². The Morgan fingerprint density at radius 2 is 1.81 bits per heavy atom. The van der Waals surface area contributed by atoms with Crippen molar-refractivity contribution in [2.75, 3.05) is 31.7 Å². The van der Waals surface area contributed by atoms with Crippen LogP contribution in [0.2, 0.25) is 0 Å². The van der Waals surface area contributed by atoms with Crippen molar-refractivity contribution in [1.29, 1.82) is 0 Å². The second-order valence-electron chi connectivity index (χ2n) is 6.82. The highest BCUT2D eigenvalue weighted by Crippen LogP contribution is 2.30. The fraction of sp³-hybridized carbons (Fsp3) is 0.273. The van der Waals surface area contributed by atoms with E-state index in [4.69, 9.17) is 14.0 Å². The van der Waals surface area contributed by atoms with Crippen LogP contribution in [0.15, 0.2) is 53.1 Å². The molecule has 160 valence electrons. The Balaban J connectivity index is 1.45. The quantitative estimate of drug-likeness (QED) is 0.540. The Kier molecular flexibility index (Phi) is 5.83. The standard InChI is InChI=1S/C22H22N4O5/c1-3-30-18-7-5-4-6-17(18)26-13-12-25(21(27)22(26)28)14-19-23-20(24-31-19)15-8-10-16(29-2)11-9-15/h4-11H,3,12-14H2,1-2H3. The fourth-order valence-corrected chi connectivity index (χ4v) is 3.35. The summed E-state index contributed by atoms with van der Waals surface area (Å²) in [6, 6.07) is 14.4. The van der Waals surface area contributed by atoms with Gasteiger partial charge >= 0.3 is 11.8 Å². The number of benzene rings is 2. The number of anilines is 1. The number of hydrogen-bond donors (Lipinski definition) is 0. The Hall–Kier alpha value is -3.88. The molecule has 1 aromatic heterocycles. The molecule has 0 unspecified atom stereocenters. The zero-order valence-corrected chi connectivity index (χ0v) is 17.3. The van der Waals surface area contributed by atoms with Gasteiger partial charge in [0, 0.05) is 18.7 Å². The maximum absolute atomic E-state index is 12.8. The Morgan fingerprint density at radius 3 is 2.55 bits per heavy atom. The molecule has 1 aliphatic heterocycles. The topological polar surface area (TPSA) is 98.0 Å². The molecule has 0 radical (unpaired) electrons. The molecule has 9 nitrogen and oxygen atoms in total. The number of methoxy groups -OCH3 is 1. The van der Waals surface area contributed by atoms with E-state index in [0.717, 1.165) is 11.3 Å². The zero-order chi connectivity index (χ0) is 21.8. The van der Waals surface area contributed by atoms with E-state index in [1.54, 1.807) is 37.4 Å². The van der Waals surface area contributed by atoms with Crippen molar-refractivity contribution >= 4 is 17.5 Å². The summed E-state index contributed by atoms with van der Waals surface area (Å²) in [4.78, 5) is 32.7. The first kappa shape index (κ1) is 20.4. The molecule has 0 saturated carbocycles. The molecule has 1 aliphatic rings. The lowest BCUT2D eigenvalue weighted by atomic mass is 10.2. The third-order valence-corrected chi connectivity index (χ3v) is 4.91. The number of piperazine rings is 1. The van der Waals surface area contributed by atoms with Gasteiger partial charge in [0.25, 0.3) is 0 Å². The monoisotopic (exact) mass is 422 g/mol. The number of aromatic nitrogens is 2. The van der Waals surface area contributed by atoms with Gasteiger partial charge in [0.15, 0.2) is 0 Å². The highest BCUT2D eigenvalue weighted by molar-refractivity contribution is 6.41. The van der Waals surface area contributed by atoms with E-state index in [9.17, 15) is 9.59 Å². The van der Waals surface area contributed by atoms with Crippen LogP contribution in [-0.2, 0) is 16.1 Å². The van der Waals surface area contributed by atoms with Crippen molar-refractivity contribution in [3.8, 4) is 22.9 Å². The van der Waals surface area contributed by atoms with Gasteiger partial charge in [-0.2, -0.15) is 4.98 Å². The van der Waals surface area contributed by atoms with Crippen LogP contribution < -0.4 is 14.4 Å². The van der Waals surface area contributed by atoms with Crippen LogP contribution >= 0.6 is 0 Å². The first-order valence-electron chi connectivity index (χ1n) is 9.90. The number of ether oxygens (including phenoxy) is 2. The van der Waals surface area contributed by atoms with E-state index in [2.05, 4.69) is 10.1 Å². The predicted molar refractivity (Wildman–Crippen MR) is 112 cm³/mol. The first-order chi connectivity index (χ1) is 15.1. The van der Waals surface area contributed by atoms with E-state index in [-0.39, 0.29) is 12.4 Å². The maximum atomic E-state index is 12.8. The Labute approximate surface area is 179 Å². The molecule has 3 aromatic rings. The largest absolute Gasteiger partial charge is 0.497 e. The summed E-state index contributed by atoms with van der Waals surface area (Å²) in [7, 11) is 1.59. The van der Waals surface area contributed by atoms with Gasteiger partial charge in [-0.15, -0.1) is 0 Å². The van der Waals surface area contributed by atoms with E-state index in [1.165, 1.54) is 9.80 Å². The molecule has 2 aromatic carbocycles. The third kappa shape index (κ3) is 4.20. The molecule has 31 heavy (non-hydrogen) atoms. The van der Waals surface area contributed by atoms with Crippen molar-refractivity contribution < 1.29 is 23.6 Å². The number of nitrogens with zero attached hydrogens (tertiary/aromatic N) is 4. The molecule has 9 heteroatoms. The Morgan fingerprint density at radius 1 is 1.03 bits per heavy atom. The second-order valence-corrected chi connectivity index (χ2v) is 6.82. The average Bonchev–Trinajstić information content (AvgIpc) is 3.27. The van der Waals surface area contributed by atoms with Crippen LogP contribution in [0.1, 0.15) is 12.8 Å². The highest BCUT2D eigenvalue weighted by atomic mass is 16.5. The molecule has 2 amide bonds. The molecular weight excluding hydrogens is 400 g/mol. The van der Waals surface area contributed by atoms with Gasteiger partial charge in [0.1, 0.15) is 18.0 Å². The number of para-hydroxylation sites is 2. The second kappa shape index (κ2) is 8.86. The normalized spacial score (nSPS) is 14.1. The van der Waals surface area contributed by atoms with E-state index < -0.39 is 11.8 Å². The summed E-state index contributed by atoms with van der Waals surface area (Å²) in [5.74, 6) is 0.715. The molecular formula is C22H22N4O5. The van der Waals surface area contributed by atoms with E-state index in [0.29, 0.717) is 37.0 Å². The first-order valence-corrected chi connectivity index (χ1v) is 9.90. The van der Waals surface area contributed by atoms with Crippen molar-refractivity contribution in [2.45, 2.75) is 13.5 Å². The molecule has 0 bridgehead atoms. The lowest BCUT2D eigenvalue weighted by Crippen LogP contribution is -2.54. The van der Waals surface area contributed by atoms with Gasteiger partial charge in [-0.25, -0.2) is 0 Å². The van der Waals surface area contributed by atoms with Crippen molar-refractivity contribution in [3.63, 3.8) is 0 Å². The van der Waals surface area contributed by atoms with Gasteiger partial charge in [-0.1, -0.05) is 17.3 Å². The summed E-state index contributed by atoms with van der Waals surface area (Å²) in [6.45, 7) is 3.08. The van der Waals surface area contributed by atoms with Crippen LogP contribution in [0.3, 0.4) is 0 Å². The average molecular weight is 422 g/mol. The van der Waals surface area contributed by atoms with Crippen molar-refractivity contribution in [1.82, 2.24) is 15.0 Å². The third-order valence-electron chi connectivity index (χ3n) is 4.91. The lowest BCUT2D eigenvalue weighted by molar-refractivity contribution is -0.146. The molecule has 0 spiro atoms. The van der Waals surface area contributed by atoms with Crippen LogP contribution in [0, 0.1) is 0 Å². The zero-order valence-electron chi connectivity index (χ0n) is 17.3. The smallest absolute Gasteiger partial charge is 0.316 e. The minimum atomic E-state index is -0.623. The van der Waals surface area contributed by atoms with Gasteiger partial charge in [-0.05, 0) is 43.3 Å². The van der Waals surface area contributed by atoms with Crippen LogP contribution in [0.5, 0.6) is 11.5 Å². The summed E-state index contributed by atoms with van der Waals surface area (Å²) < 4.78 is 16.0. The minimum absolute atomic E-state index is 0.0642. The fourth-order valence-electron chi connectivity index (χ4n) is 3.35. The summed E-state index contributed by atoms with van der Waals surface area (Å²) in [5, 5.41) is 3.97. The van der Waals surface area contributed by atoms with Crippen molar-refractivity contribution in [3.05, 3.63) is 54.4 Å². The van der Waals surface area contributed by atoms with Crippen LogP contribution in [0.25, 0.3) is 11.4 Å². The van der Waals surface area contributed by atoms with Gasteiger partial charge in [0.05, 0.1) is 19.4 Å². The van der Waals surface area contributed by atoms with E-state index >= 15 is 0 Å². The van der Waals surface area contributed by atoms with Gasteiger partial charge < -0.3 is 18.9 Å². The van der Waals surface area contributed by atoms with Crippen molar-refractivity contribution in [2.24, 2.45) is 0 Å². The molecule has 4 rings (SSSR count). The maximum Gasteiger partial charge on any atom is 0.316 e. The molecule has 1 fully saturated rings. The number of carbonyl (C=O) groups excluding carboxylic acids is 2. The lowest BCUT2D eigenvalue weighted by Gasteiger charge is -2.33. The SMILES string of the molecule is CCOc1ccccc1N1CCN(Cc2nc(-c3ccc(OC)cc3)no2)C(=O)C1=O. The van der Waals surface area contributed by atoms with Crippen LogP contribution in [-0.4, -0.2) is 53.7 Å². The minimum Gasteiger partial charge on any atom is -0.497 e. The number of rotatable bonds is 7. The molecule has 2 heterocycles. The molecule has 1 saturated heterocycles. The number of hydrogen-bond acceptors (Lipinski definition) is 7. The number of amides is 2. The summed E-state index contributed by atoms with van der Waals surface area (Å²) in [6.07, 6.45) is 0. The molecule has 0 atom stereocenters. The van der Waals surface area contributed by atoms with Gasteiger partial charge in [0.2, 0.25) is 11.7 Å². The van der Waals surface area contributed by atoms with E-state index in [1.807, 2.05) is 25.1 Å². The Bertz CT molecular complexity index is 1080.